The van der Waals surface area contributed by atoms with Gasteiger partial charge in [-0.1, -0.05) is 6.92 Å². The zero-order chi connectivity index (χ0) is 11.3. The molecular weight excluding hydrogens is 190 g/mol. The lowest BCUT2D eigenvalue weighted by Crippen LogP contribution is -2.33. The fourth-order valence-corrected chi connectivity index (χ4v) is 1.26. The van der Waals surface area contributed by atoms with E-state index in [-0.39, 0.29) is 0 Å². The van der Waals surface area contributed by atoms with Crippen LogP contribution in [0.5, 0.6) is 0 Å². The summed E-state index contributed by atoms with van der Waals surface area (Å²) in [6.07, 6.45) is 4.83. The summed E-state index contributed by atoms with van der Waals surface area (Å²) in [6.45, 7) is 3.61. The van der Waals surface area contributed by atoms with Crippen molar-refractivity contribution in [2.45, 2.75) is 19.9 Å². The third-order valence-corrected chi connectivity index (χ3v) is 2.07. The second-order valence-electron chi connectivity index (χ2n) is 3.62. The number of guanidine groups is 1. The number of nitrogens with two attached hydrogens (primary N) is 1. The summed E-state index contributed by atoms with van der Waals surface area (Å²) in [6, 6.07) is 0. The molecule has 0 saturated heterocycles. The van der Waals surface area contributed by atoms with E-state index in [4.69, 9.17) is 5.73 Å². The fraction of sp³-hybridized carbons (Fsp3) is 0.600. The largest absolute Gasteiger partial charge is 0.370 e. The van der Waals surface area contributed by atoms with Gasteiger partial charge in [0.05, 0.1) is 6.20 Å². The third-order valence-electron chi connectivity index (χ3n) is 2.07. The molecule has 0 saturated carbocycles. The highest BCUT2D eigenvalue weighted by atomic mass is 15.3. The van der Waals surface area contributed by atoms with E-state index in [1.165, 1.54) is 0 Å². The smallest absolute Gasteiger partial charge is 0.191 e. The van der Waals surface area contributed by atoms with Gasteiger partial charge in [0, 0.05) is 38.9 Å². The minimum atomic E-state index is 0.584. The van der Waals surface area contributed by atoms with E-state index in [1.54, 1.807) is 4.68 Å². The Hall–Kier alpha value is -1.52. The highest BCUT2D eigenvalue weighted by Gasteiger charge is 2.03. The van der Waals surface area contributed by atoms with E-state index in [2.05, 4.69) is 17.0 Å². The number of hydrogen-bond donors (Lipinski definition) is 1. The SMILES string of the molecule is CCCN=C(N)N(C)Cc1cnn(C)c1. The molecule has 0 unspecified atom stereocenters. The van der Waals surface area contributed by atoms with Gasteiger partial charge in [-0.15, -0.1) is 0 Å². The van der Waals surface area contributed by atoms with E-state index >= 15 is 0 Å². The molecule has 84 valence electrons. The van der Waals surface area contributed by atoms with Gasteiger partial charge >= 0.3 is 0 Å². The van der Waals surface area contributed by atoms with E-state index in [0.717, 1.165) is 25.1 Å². The second-order valence-corrected chi connectivity index (χ2v) is 3.62. The maximum absolute atomic E-state index is 5.81. The Labute approximate surface area is 90.6 Å². The molecule has 1 aromatic rings. The van der Waals surface area contributed by atoms with Gasteiger partial charge in [0.15, 0.2) is 5.96 Å². The number of nitrogens with zero attached hydrogens (tertiary/aromatic N) is 4. The topological polar surface area (TPSA) is 59.4 Å². The Morgan fingerprint density at radius 2 is 2.40 bits per heavy atom. The summed E-state index contributed by atoms with van der Waals surface area (Å²) in [5.41, 5.74) is 6.94. The average Bonchev–Trinajstić information content (AvgIpc) is 2.60. The Balaban J connectivity index is 2.51. The van der Waals surface area contributed by atoms with E-state index < -0.39 is 0 Å². The molecule has 0 atom stereocenters. The predicted octanol–water partition coefficient (Wildman–Crippen LogP) is 0.577. The maximum Gasteiger partial charge on any atom is 0.191 e. The van der Waals surface area contributed by atoms with E-state index in [9.17, 15) is 0 Å². The minimum Gasteiger partial charge on any atom is -0.370 e. The van der Waals surface area contributed by atoms with Crippen LogP contribution in [0.3, 0.4) is 0 Å². The van der Waals surface area contributed by atoms with Crippen molar-refractivity contribution in [2.24, 2.45) is 17.8 Å². The Morgan fingerprint density at radius 1 is 1.67 bits per heavy atom. The van der Waals surface area contributed by atoms with Crippen molar-refractivity contribution < 1.29 is 0 Å². The maximum atomic E-state index is 5.81. The van der Waals surface area contributed by atoms with Gasteiger partial charge in [0.25, 0.3) is 0 Å². The molecule has 1 aromatic heterocycles. The Bertz CT molecular complexity index is 328. The van der Waals surface area contributed by atoms with Gasteiger partial charge in [-0.3, -0.25) is 9.67 Å². The summed E-state index contributed by atoms with van der Waals surface area (Å²) >= 11 is 0. The molecule has 0 aliphatic rings. The summed E-state index contributed by atoms with van der Waals surface area (Å²) in [4.78, 5) is 6.16. The molecule has 5 nitrogen and oxygen atoms in total. The van der Waals surface area contributed by atoms with Crippen LogP contribution < -0.4 is 5.73 Å². The lowest BCUT2D eigenvalue weighted by Gasteiger charge is -2.16. The number of hydrogen-bond acceptors (Lipinski definition) is 2. The first-order valence-electron chi connectivity index (χ1n) is 5.12. The van der Waals surface area contributed by atoms with Crippen LogP contribution in [0.4, 0.5) is 0 Å². The summed E-state index contributed by atoms with van der Waals surface area (Å²) in [5, 5.41) is 4.10. The van der Waals surface area contributed by atoms with Crippen LogP contribution in [0.1, 0.15) is 18.9 Å². The number of aliphatic imine (C=N–C) groups is 1. The Morgan fingerprint density at radius 3 is 2.93 bits per heavy atom. The first-order valence-corrected chi connectivity index (χ1v) is 5.12. The molecule has 0 fully saturated rings. The van der Waals surface area contributed by atoms with Gasteiger partial charge in [0.1, 0.15) is 0 Å². The van der Waals surface area contributed by atoms with E-state index in [0.29, 0.717) is 5.96 Å². The predicted molar refractivity (Wildman–Crippen MR) is 61.5 cm³/mol. The zero-order valence-electron chi connectivity index (χ0n) is 9.64. The standard InChI is InChI=1S/C10H19N5/c1-4-5-12-10(11)14(2)7-9-6-13-15(3)8-9/h6,8H,4-5,7H2,1-3H3,(H2,11,12). The van der Waals surface area contributed by atoms with Gasteiger partial charge in [-0.25, -0.2) is 0 Å². The van der Waals surface area contributed by atoms with Crippen molar-refractivity contribution in [3.63, 3.8) is 0 Å². The van der Waals surface area contributed by atoms with Crippen molar-refractivity contribution in [3.8, 4) is 0 Å². The highest BCUT2D eigenvalue weighted by molar-refractivity contribution is 5.77. The van der Waals surface area contributed by atoms with Crippen LogP contribution in [0, 0.1) is 0 Å². The zero-order valence-corrected chi connectivity index (χ0v) is 9.64. The molecule has 1 rings (SSSR count). The molecule has 0 radical (unpaired) electrons. The van der Waals surface area contributed by atoms with Crippen LogP contribution in [-0.2, 0) is 13.6 Å². The molecule has 0 aliphatic carbocycles. The summed E-state index contributed by atoms with van der Waals surface area (Å²) in [7, 11) is 3.83. The molecule has 0 amide bonds. The van der Waals surface area contributed by atoms with Gasteiger partial charge < -0.3 is 10.6 Å². The quantitative estimate of drug-likeness (QED) is 0.583. The molecule has 0 bridgehead atoms. The van der Waals surface area contributed by atoms with Crippen LogP contribution >= 0.6 is 0 Å². The lowest BCUT2D eigenvalue weighted by molar-refractivity contribution is 0.491. The molecule has 0 aliphatic heterocycles. The highest BCUT2D eigenvalue weighted by Crippen LogP contribution is 2.00. The average molecular weight is 209 g/mol. The van der Waals surface area contributed by atoms with Gasteiger partial charge in [0.2, 0.25) is 0 Å². The van der Waals surface area contributed by atoms with Crippen LogP contribution in [-0.4, -0.2) is 34.2 Å². The van der Waals surface area contributed by atoms with Gasteiger partial charge in [-0.05, 0) is 6.42 Å². The van der Waals surface area contributed by atoms with Crippen LogP contribution in [0.25, 0.3) is 0 Å². The molecule has 0 aromatic carbocycles. The number of rotatable bonds is 4. The third kappa shape index (κ3) is 3.61. The number of aryl methyl sites for hydroxylation is 1. The van der Waals surface area contributed by atoms with E-state index in [1.807, 2.05) is 31.4 Å². The van der Waals surface area contributed by atoms with Crippen LogP contribution in [0.2, 0.25) is 0 Å². The molecule has 2 N–H and O–H groups in total. The van der Waals surface area contributed by atoms with Crippen molar-refractivity contribution in [1.82, 2.24) is 14.7 Å². The first-order chi connectivity index (χ1) is 7.13. The monoisotopic (exact) mass is 209 g/mol. The van der Waals surface area contributed by atoms with Crippen LogP contribution in [0.15, 0.2) is 17.4 Å². The fourth-order valence-electron chi connectivity index (χ4n) is 1.26. The molecule has 5 heteroatoms. The normalized spacial score (nSPS) is 11.8. The van der Waals surface area contributed by atoms with Gasteiger partial charge in [-0.2, -0.15) is 5.10 Å². The lowest BCUT2D eigenvalue weighted by atomic mass is 10.3. The summed E-state index contributed by atoms with van der Waals surface area (Å²) < 4.78 is 1.78. The summed E-state index contributed by atoms with van der Waals surface area (Å²) in [5.74, 6) is 0.584. The van der Waals surface area contributed by atoms with Crippen molar-refractivity contribution in [3.05, 3.63) is 18.0 Å². The molecule has 0 spiro atoms. The molecule has 1 heterocycles. The second kappa shape index (κ2) is 5.38. The van der Waals surface area contributed by atoms with Crippen molar-refractivity contribution in [1.29, 1.82) is 0 Å². The first kappa shape index (κ1) is 11.6. The number of aromatic nitrogens is 2. The van der Waals surface area contributed by atoms with Crippen molar-refractivity contribution in [2.75, 3.05) is 13.6 Å². The molecule has 15 heavy (non-hydrogen) atoms. The molecular formula is C10H19N5. The van der Waals surface area contributed by atoms with Crippen molar-refractivity contribution >= 4 is 5.96 Å². The minimum absolute atomic E-state index is 0.584. The Kier molecular flexibility index (Phi) is 4.15.